The highest BCUT2D eigenvalue weighted by Gasteiger charge is 2.42. The Balaban J connectivity index is 2.08. The summed E-state index contributed by atoms with van der Waals surface area (Å²) in [6.45, 7) is 0.408. The van der Waals surface area contributed by atoms with Crippen LogP contribution >= 0.6 is 0 Å². The molecule has 1 heterocycles. The van der Waals surface area contributed by atoms with Gasteiger partial charge in [0.1, 0.15) is 5.82 Å². The minimum Gasteiger partial charge on any atom is -0.381 e. The molecule has 0 saturated carbocycles. The van der Waals surface area contributed by atoms with Gasteiger partial charge in [-0.15, -0.1) is 0 Å². The summed E-state index contributed by atoms with van der Waals surface area (Å²) in [7, 11) is -1.99. The molecule has 28 heavy (non-hydrogen) atoms. The van der Waals surface area contributed by atoms with Gasteiger partial charge in [0.05, 0.1) is 10.3 Å². The van der Waals surface area contributed by atoms with E-state index in [1.165, 1.54) is 7.05 Å². The third-order valence-corrected chi connectivity index (χ3v) is 6.94. The summed E-state index contributed by atoms with van der Waals surface area (Å²) in [6, 6.07) is 2.44. The van der Waals surface area contributed by atoms with Crippen molar-refractivity contribution < 1.29 is 30.7 Å². The van der Waals surface area contributed by atoms with E-state index in [0.717, 1.165) is 18.4 Å². The van der Waals surface area contributed by atoms with Crippen LogP contribution in [0.1, 0.15) is 24.0 Å². The first-order valence-electron chi connectivity index (χ1n) is 8.56. The Morgan fingerprint density at radius 1 is 1.25 bits per heavy atom. The lowest BCUT2D eigenvalue weighted by Gasteiger charge is -2.35. The normalized spacial score (nSPS) is 18.0. The molecular weight excluding hydrogens is 402 g/mol. The molecule has 1 fully saturated rings. The zero-order valence-electron chi connectivity index (χ0n) is 15.6. The number of rotatable bonds is 5. The second-order valence-corrected chi connectivity index (χ2v) is 9.06. The Labute approximate surface area is 161 Å². The molecule has 2 rings (SSSR count). The van der Waals surface area contributed by atoms with Crippen LogP contribution in [0.25, 0.3) is 0 Å². The van der Waals surface area contributed by atoms with Crippen LogP contribution in [0.15, 0.2) is 23.2 Å². The van der Waals surface area contributed by atoms with Crippen LogP contribution in [-0.2, 0) is 27.3 Å². The maximum Gasteiger partial charge on any atom is 0.416 e. The summed E-state index contributed by atoms with van der Waals surface area (Å²) in [4.78, 5) is 3.92. The molecule has 0 amide bonds. The van der Waals surface area contributed by atoms with Crippen molar-refractivity contribution >= 4 is 15.8 Å². The largest absolute Gasteiger partial charge is 0.416 e. The van der Waals surface area contributed by atoms with Crippen molar-refractivity contribution in [1.82, 2.24) is 10.6 Å². The van der Waals surface area contributed by atoms with Crippen molar-refractivity contribution in [2.75, 3.05) is 33.1 Å². The van der Waals surface area contributed by atoms with Gasteiger partial charge in [-0.3, -0.25) is 4.99 Å². The number of nitrogens with zero attached hydrogens (tertiary/aromatic N) is 1. The van der Waals surface area contributed by atoms with Gasteiger partial charge in [-0.1, -0.05) is 6.07 Å². The van der Waals surface area contributed by atoms with E-state index in [0.29, 0.717) is 32.1 Å². The smallest absolute Gasteiger partial charge is 0.381 e. The summed E-state index contributed by atoms with van der Waals surface area (Å²) in [6.07, 6.45) is -2.92. The molecule has 1 aliphatic rings. The fourth-order valence-electron chi connectivity index (χ4n) is 3.03. The average Bonchev–Trinajstić information content (AvgIpc) is 2.62. The van der Waals surface area contributed by atoms with Crippen molar-refractivity contribution in [3.8, 4) is 0 Å². The molecule has 11 heteroatoms. The first kappa shape index (κ1) is 22.4. The molecule has 2 N–H and O–H groups in total. The van der Waals surface area contributed by atoms with Crippen LogP contribution in [0.3, 0.4) is 0 Å². The molecule has 6 nitrogen and oxygen atoms in total. The molecule has 0 spiro atoms. The summed E-state index contributed by atoms with van der Waals surface area (Å²) in [5.41, 5.74) is -1.23. The van der Waals surface area contributed by atoms with Gasteiger partial charge >= 0.3 is 6.18 Å². The highest BCUT2D eigenvalue weighted by atomic mass is 32.2. The zero-order chi connectivity index (χ0) is 21.0. The first-order valence-corrected chi connectivity index (χ1v) is 10.5. The summed E-state index contributed by atoms with van der Waals surface area (Å²) < 4.78 is 81.2. The van der Waals surface area contributed by atoms with Gasteiger partial charge < -0.3 is 15.4 Å². The number of ether oxygens (including phenoxy) is 1. The van der Waals surface area contributed by atoms with Gasteiger partial charge in [0.2, 0.25) is 0 Å². The SMILES string of the molecule is CN=C(NCc1ccc(F)cc1C(F)(F)F)NCC1(S(C)(=O)=O)CCOCC1. The highest BCUT2D eigenvalue weighted by Crippen LogP contribution is 2.32. The summed E-state index contributed by atoms with van der Waals surface area (Å²) in [5.74, 6) is -0.833. The predicted octanol–water partition coefficient (Wildman–Crippen LogP) is 2.10. The maximum absolute atomic E-state index is 13.2. The van der Waals surface area contributed by atoms with Crippen LogP contribution in [0.4, 0.5) is 17.6 Å². The fraction of sp³-hybridized carbons (Fsp3) is 0.588. The van der Waals surface area contributed by atoms with E-state index in [1.54, 1.807) is 0 Å². The Bertz CT molecular complexity index is 819. The van der Waals surface area contributed by atoms with Gasteiger partial charge in [-0.2, -0.15) is 13.2 Å². The minimum atomic E-state index is -4.70. The van der Waals surface area contributed by atoms with Gasteiger partial charge in [0.15, 0.2) is 15.8 Å². The van der Waals surface area contributed by atoms with Crippen molar-refractivity contribution in [3.05, 3.63) is 35.1 Å². The number of aliphatic imine (C=N–C) groups is 1. The molecule has 158 valence electrons. The van der Waals surface area contributed by atoms with Crippen LogP contribution in [0.5, 0.6) is 0 Å². The molecule has 0 bridgehead atoms. The number of benzene rings is 1. The van der Waals surface area contributed by atoms with Gasteiger partial charge in [-0.05, 0) is 30.5 Å². The quantitative estimate of drug-likeness (QED) is 0.429. The molecule has 0 unspecified atom stereocenters. The van der Waals surface area contributed by atoms with Crippen LogP contribution in [0.2, 0.25) is 0 Å². The molecule has 0 atom stereocenters. The van der Waals surface area contributed by atoms with E-state index in [4.69, 9.17) is 4.74 Å². The van der Waals surface area contributed by atoms with Gasteiger partial charge in [-0.25, -0.2) is 12.8 Å². The number of guanidine groups is 1. The number of hydrogen-bond acceptors (Lipinski definition) is 4. The molecule has 1 aliphatic heterocycles. The molecule has 1 aromatic carbocycles. The number of sulfone groups is 1. The molecular formula is C17H23F4N3O3S. The maximum atomic E-state index is 13.2. The van der Waals surface area contributed by atoms with Crippen LogP contribution in [0, 0.1) is 5.82 Å². The lowest BCUT2D eigenvalue weighted by atomic mass is 9.99. The van der Waals surface area contributed by atoms with Crippen LogP contribution in [-0.4, -0.2) is 52.2 Å². The third-order valence-electron chi connectivity index (χ3n) is 4.82. The second-order valence-electron chi connectivity index (χ2n) is 6.65. The standard InChI is InChI=1S/C17H23F4N3O3S/c1-22-15(24-11-16(28(2,25)26)5-7-27-8-6-16)23-10-12-3-4-13(18)9-14(12)17(19,20)21/h3-4,9H,5-8,10-11H2,1-2H3,(H2,22,23,24). The molecule has 0 aromatic heterocycles. The first-order chi connectivity index (χ1) is 13.0. The third kappa shape index (κ3) is 5.34. The van der Waals surface area contributed by atoms with E-state index in [1.807, 2.05) is 0 Å². The number of hydrogen-bond donors (Lipinski definition) is 2. The topological polar surface area (TPSA) is 79.8 Å². The zero-order valence-corrected chi connectivity index (χ0v) is 16.4. The second kappa shape index (κ2) is 8.64. The predicted molar refractivity (Wildman–Crippen MR) is 97.2 cm³/mol. The Morgan fingerprint density at radius 3 is 2.43 bits per heavy atom. The molecule has 0 radical (unpaired) electrons. The Kier molecular flexibility index (Phi) is 6.92. The summed E-state index contributed by atoms with van der Waals surface area (Å²) in [5, 5.41) is 5.59. The van der Waals surface area contributed by atoms with Crippen molar-refractivity contribution in [2.24, 2.45) is 4.99 Å². The number of nitrogens with one attached hydrogen (secondary N) is 2. The van der Waals surface area contributed by atoms with Crippen molar-refractivity contribution in [1.29, 1.82) is 0 Å². The Morgan fingerprint density at radius 2 is 1.89 bits per heavy atom. The van der Waals surface area contributed by atoms with E-state index in [9.17, 15) is 26.0 Å². The van der Waals surface area contributed by atoms with Crippen LogP contribution < -0.4 is 10.6 Å². The highest BCUT2D eigenvalue weighted by molar-refractivity contribution is 7.92. The van der Waals surface area contributed by atoms with Crippen molar-refractivity contribution in [3.63, 3.8) is 0 Å². The molecule has 1 aromatic rings. The molecule has 0 aliphatic carbocycles. The van der Waals surface area contributed by atoms with Crippen molar-refractivity contribution in [2.45, 2.75) is 30.3 Å². The molecule has 1 saturated heterocycles. The average molecular weight is 425 g/mol. The van der Waals surface area contributed by atoms with Gasteiger partial charge in [0, 0.05) is 39.6 Å². The number of alkyl halides is 3. The van der Waals surface area contributed by atoms with Gasteiger partial charge in [0.25, 0.3) is 0 Å². The lowest BCUT2D eigenvalue weighted by molar-refractivity contribution is -0.138. The van der Waals surface area contributed by atoms with E-state index < -0.39 is 32.1 Å². The van der Waals surface area contributed by atoms with E-state index >= 15 is 0 Å². The summed E-state index contributed by atoms with van der Waals surface area (Å²) >= 11 is 0. The van der Waals surface area contributed by atoms with E-state index in [2.05, 4.69) is 15.6 Å². The van der Waals surface area contributed by atoms with E-state index in [-0.39, 0.29) is 24.6 Å². The monoisotopic (exact) mass is 425 g/mol. The minimum absolute atomic E-state index is 0.0460. The fourth-order valence-corrected chi connectivity index (χ4v) is 4.28. The Hall–Kier alpha value is -1.88. The number of halogens is 4. The lowest BCUT2D eigenvalue weighted by Crippen LogP contribution is -2.53.